The summed E-state index contributed by atoms with van der Waals surface area (Å²) in [6, 6.07) is 34.8. The zero-order chi connectivity index (χ0) is 40.2. The van der Waals surface area contributed by atoms with Gasteiger partial charge in [0, 0.05) is 41.1 Å². The van der Waals surface area contributed by atoms with Crippen LogP contribution in [0.15, 0.2) is 72.8 Å². The van der Waals surface area contributed by atoms with Crippen molar-refractivity contribution in [2.24, 2.45) is 0 Å². The van der Waals surface area contributed by atoms with Crippen LogP contribution < -0.4 is 10.4 Å². The first-order chi connectivity index (χ1) is 28.6. The Kier molecular flexibility index (Phi) is 11.7. The fourth-order valence-electron chi connectivity index (χ4n) is 9.26. The van der Waals surface area contributed by atoms with E-state index in [2.05, 4.69) is 86.7 Å². The number of nitriles is 4. The highest BCUT2D eigenvalue weighted by Gasteiger charge is 2.25. The maximum absolute atomic E-state index is 10.6. The normalized spacial score (nSPS) is 11.5. The van der Waals surface area contributed by atoms with Crippen molar-refractivity contribution in [3.05, 3.63) is 93.0 Å². The first kappa shape index (κ1) is 39.1. The number of hydrogen-bond donors (Lipinski definition) is 0. The number of benzene rings is 6. The second kappa shape index (κ2) is 17.4. The van der Waals surface area contributed by atoms with Crippen LogP contribution in [0.2, 0.25) is 0 Å². The third kappa shape index (κ3) is 6.97. The molecule has 0 aliphatic rings. The Bertz CT molecular complexity index is 2850. The third-order valence-corrected chi connectivity index (χ3v) is 14.4. The number of nitrogens with zero attached hydrogens (tertiary/aromatic N) is 4. The van der Waals surface area contributed by atoms with Crippen LogP contribution in [0.1, 0.15) is 101 Å². The van der Waals surface area contributed by atoms with E-state index in [-0.39, 0.29) is 11.1 Å². The second-order valence-corrected chi connectivity index (χ2v) is 18.0. The lowest BCUT2D eigenvalue weighted by molar-refractivity contribution is 0.609. The summed E-state index contributed by atoms with van der Waals surface area (Å²) in [5.74, 6) is 0. The molecule has 0 bridgehead atoms. The molecule has 4 nitrogen and oxygen atoms in total. The van der Waals surface area contributed by atoms with Gasteiger partial charge in [-0.1, -0.05) is 114 Å². The molecule has 0 N–H and O–H groups in total. The fourth-order valence-corrected chi connectivity index (χ4v) is 11.4. The van der Waals surface area contributed by atoms with E-state index in [0.29, 0.717) is 10.4 Å². The molecule has 0 saturated heterocycles. The number of thiophene rings is 2. The molecular weight excluding hydrogens is 745 g/mol. The summed E-state index contributed by atoms with van der Waals surface area (Å²) in [6.45, 7) is 4.50. The first-order valence-corrected chi connectivity index (χ1v) is 22.7. The highest BCUT2D eigenvalue weighted by atomic mass is 32.1. The van der Waals surface area contributed by atoms with Crippen molar-refractivity contribution < 1.29 is 0 Å². The monoisotopic (exact) mass is 790 g/mol. The van der Waals surface area contributed by atoms with E-state index in [4.69, 9.17) is 0 Å². The van der Waals surface area contributed by atoms with Crippen molar-refractivity contribution in [1.82, 2.24) is 0 Å². The molecule has 0 unspecified atom stereocenters. The van der Waals surface area contributed by atoms with Crippen LogP contribution in [0.4, 0.5) is 0 Å². The van der Waals surface area contributed by atoms with Gasteiger partial charge >= 0.3 is 0 Å². The van der Waals surface area contributed by atoms with Gasteiger partial charge in [0.25, 0.3) is 0 Å². The van der Waals surface area contributed by atoms with E-state index in [1.54, 1.807) is 0 Å². The topological polar surface area (TPSA) is 95.2 Å². The van der Waals surface area contributed by atoms with E-state index >= 15 is 0 Å². The molecule has 8 aromatic rings. The molecule has 8 rings (SSSR count). The Morgan fingerprint density at radius 2 is 0.810 bits per heavy atom. The summed E-state index contributed by atoms with van der Waals surface area (Å²) in [7, 11) is 0. The lowest BCUT2D eigenvalue weighted by Crippen LogP contribution is -2.15. The van der Waals surface area contributed by atoms with Crippen LogP contribution in [-0.2, 0) is 12.8 Å². The Hall–Kier alpha value is -5.76. The van der Waals surface area contributed by atoms with Gasteiger partial charge in [-0.25, -0.2) is 0 Å². The van der Waals surface area contributed by atoms with Crippen molar-refractivity contribution in [3.63, 3.8) is 0 Å². The van der Waals surface area contributed by atoms with Crippen molar-refractivity contribution in [1.29, 1.82) is 21.0 Å². The van der Waals surface area contributed by atoms with E-state index in [1.165, 1.54) is 74.0 Å². The molecule has 286 valence electrons. The van der Waals surface area contributed by atoms with Gasteiger partial charge in [-0.05, 0) is 116 Å². The minimum Gasteiger partial charge on any atom is -0.192 e. The van der Waals surface area contributed by atoms with Gasteiger partial charge < -0.3 is 0 Å². The molecule has 2 aromatic heterocycles. The van der Waals surface area contributed by atoms with Crippen molar-refractivity contribution in [3.8, 4) is 45.2 Å². The van der Waals surface area contributed by atoms with E-state index < -0.39 is 0 Å². The largest absolute Gasteiger partial charge is 0.192 e. The number of hydrogen-bond acceptors (Lipinski definition) is 6. The minimum absolute atomic E-state index is 0.0764. The summed E-state index contributed by atoms with van der Waals surface area (Å²) in [5, 5.41) is 52.8. The summed E-state index contributed by atoms with van der Waals surface area (Å²) >= 11 is 3.61. The smallest absolute Gasteiger partial charge is 0.138 e. The lowest BCUT2D eigenvalue weighted by Gasteiger charge is -2.22. The van der Waals surface area contributed by atoms with Crippen molar-refractivity contribution in [2.45, 2.75) is 104 Å². The molecule has 58 heavy (non-hydrogen) atoms. The summed E-state index contributed by atoms with van der Waals surface area (Å²) in [4.78, 5) is 4.94. The zero-order valence-electron chi connectivity index (χ0n) is 33.4. The van der Waals surface area contributed by atoms with Gasteiger partial charge in [0.2, 0.25) is 0 Å². The number of unbranched alkanes of at least 4 members (excludes halogenated alkanes) is 10. The molecule has 0 amide bonds. The van der Waals surface area contributed by atoms with Gasteiger partial charge in [0.1, 0.15) is 35.4 Å². The molecule has 0 saturated carbocycles. The highest BCUT2D eigenvalue weighted by Crippen LogP contribution is 2.47. The first-order valence-electron chi connectivity index (χ1n) is 21.0. The molecule has 0 radical (unpaired) electrons. The molecule has 0 aliphatic heterocycles. The Balaban J connectivity index is 1.41. The van der Waals surface area contributed by atoms with Crippen LogP contribution in [0.25, 0.3) is 85.9 Å². The van der Waals surface area contributed by atoms with Crippen LogP contribution in [0.5, 0.6) is 0 Å². The quantitative estimate of drug-likeness (QED) is 0.0553. The van der Waals surface area contributed by atoms with E-state index in [9.17, 15) is 21.0 Å². The van der Waals surface area contributed by atoms with Gasteiger partial charge in [0.15, 0.2) is 0 Å². The molecule has 0 aliphatic carbocycles. The summed E-state index contributed by atoms with van der Waals surface area (Å²) in [6.07, 6.45) is 17.1. The van der Waals surface area contributed by atoms with Crippen molar-refractivity contribution in [2.75, 3.05) is 0 Å². The number of rotatable bonds is 16. The molecular formula is C52H46N4S2. The Morgan fingerprint density at radius 3 is 1.21 bits per heavy atom. The van der Waals surface area contributed by atoms with E-state index in [0.717, 1.165) is 100 Å². The predicted molar refractivity (Wildman–Crippen MR) is 246 cm³/mol. The third-order valence-electron chi connectivity index (χ3n) is 12.0. The van der Waals surface area contributed by atoms with Crippen molar-refractivity contribution >= 4 is 87.7 Å². The molecule has 2 heterocycles. The second-order valence-electron chi connectivity index (χ2n) is 15.7. The lowest BCUT2D eigenvalue weighted by atomic mass is 9.81. The number of aryl methyl sites for hydroxylation is 2. The van der Waals surface area contributed by atoms with Crippen LogP contribution in [-0.4, -0.2) is 0 Å². The molecule has 0 atom stereocenters. The minimum atomic E-state index is 0.0764. The maximum atomic E-state index is 10.6. The predicted octanol–water partition coefficient (Wildman–Crippen LogP) is 14.0. The average molecular weight is 791 g/mol. The Morgan fingerprint density at radius 1 is 0.431 bits per heavy atom. The van der Waals surface area contributed by atoms with Gasteiger partial charge in [-0.2, -0.15) is 21.0 Å². The summed E-state index contributed by atoms with van der Waals surface area (Å²) in [5.41, 5.74) is 2.22. The van der Waals surface area contributed by atoms with Gasteiger partial charge in [-0.15, -0.1) is 22.7 Å². The molecule has 0 fully saturated rings. The SMILES string of the molecule is CCCCCCCCc1ccc(-c2cc3c(=C(C#N)C#N)c4cccc5c(-c6ccc(CCCCCCCC)s6)cc6c(=C(C#N)C#N)c7cccc2c7c3c6c54)s1. The zero-order valence-corrected chi connectivity index (χ0v) is 35.1. The van der Waals surface area contributed by atoms with Gasteiger partial charge in [-0.3, -0.25) is 0 Å². The van der Waals surface area contributed by atoms with Gasteiger partial charge in [0.05, 0.1) is 0 Å². The van der Waals surface area contributed by atoms with Crippen LogP contribution in [0.3, 0.4) is 0 Å². The standard InChI is InChI=1S/C52H46N4S2/c1-3-5-7-9-11-13-17-35-23-25-45(57-35)41-27-43-47(33(29-53)30-54)40-22-16-20-38-42(46-26-24-36(58-46)18-14-12-10-8-6-4-2)28-44-48(34(31-55)32-56)39-21-15-19-37(41)49(39)51(43)52(44)50(38)40/h15-16,19-28H,3-14,17-18H2,1-2H3. The Labute approximate surface area is 348 Å². The van der Waals surface area contributed by atoms with E-state index in [1.807, 2.05) is 46.9 Å². The average Bonchev–Trinajstić information content (AvgIpc) is 3.93. The maximum Gasteiger partial charge on any atom is 0.138 e. The molecule has 6 heteroatoms. The molecule has 0 spiro atoms. The fraction of sp³-hybridized carbons (Fsp3) is 0.308. The van der Waals surface area contributed by atoms with Crippen LogP contribution >= 0.6 is 22.7 Å². The highest BCUT2D eigenvalue weighted by molar-refractivity contribution is 7.16. The molecule has 6 aromatic carbocycles. The van der Waals surface area contributed by atoms with Crippen LogP contribution in [0, 0.1) is 45.3 Å². The summed E-state index contributed by atoms with van der Waals surface area (Å²) < 4.78 is 0.